The second-order valence-corrected chi connectivity index (χ2v) is 7.48. The van der Waals surface area contributed by atoms with Gasteiger partial charge in [0.05, 0.1) is 0 Å². The van der Waals surface area contributed by atoms with Crippen LogP contribution in [0.4, 0.5) is 0 Å². The fourth-order valence-electron chi connectivity index (χ4n) is 2.90. The van der Waals surface area contributed by atoms with Crippen molar-refractivity contribution in [1.29, 1.82) is 0 Å². The molecule has 2 heterocycles. The van der Waals surface area contributed by atoms with E-state index in [9.17, 15) is 9.90 Å². The summed E-state index contributed by atoms with van der Waals surface area (Å²) in [5.74, 6) is 0.616. The summed E-state index contributed by atoms with van der Waals surface area (Å²) in [6.45, 7) is 1.68. The lowest BCUT2D eigenvalue weighted by Crippen LogP contribution is -2.43. The Labute approximate surface area is 154 Å². The summed E-state index contributed by atoms with van der Waals surface area (Å²) in [7, 11) is 0. The first-order chi connectivity index (χ1) is 12.6. The molecule has 2 aromatic heterocycles. The molecule has 8 heteroatoms. The average Bonchev–Trinajstić information content (AvgIpc) is 3.28. The van der Waals surface area contributed by atoms with Crippen LogP contribution >= 0.6 is 11.3 Å². The van der Waals surface area contributed by atoms with Crippen molar-refractivity contribution in [3.05, 3.63) is 52.1 Å². The summed E-state index contributed by atoms with van der Waals surface area (Å²) in [6.07, 6.45) is 1.02. The van der Waals surface area contributed by atoms with Gasteiger partial charge in [-0.1, -0.05) is 46.8 Å². The number of aliphatic hydroxyl groups is 1. The molecule has 26 heavy (non-hydrogen) atoms. The zero-order valence-corrected chi connectivity index (χ0v) is 14.9. The van der Waals surface area contributed by atoms with Gasteiger partial charge in [0, 0.05) is 23.6 Å². The van der Waals surface area contributed by atoms with Gasteiger partial charge in [-0.05, 0) is 19.8 Å². The number of benzene rings is 1. The Balaban J connectivity index is 1.33. The van der Waals surface area contributed by atoms with Gasteiger partial charge in [0.1, 0.15) is 16.1 Å². The number of amides is 1. The number of hydrogen-bond acceptors (Lipinski definition) is 7. The number of aliphatic hydroxyl groups excluding tert-OH is 1. The molecule has 0 saturated heterocycles. The van der Waals surface area contributed by atoms with Crippen molar-refractivity contribution in [2.24, 2.45) is 0 Å². The summed E-state index contributed by atoms with van der Waals surface area (Å²) in [5.41, 5.74) is 1.16. The lowest BCUT2D eigenvalue weighted by molar-refractivity contribution is 0.0899. The highest BCUT2D eigenvalue weighted by Crippen LogP contribution is 2.39. The van der Waals surface area contributed by atoms with Gasteiger partial charge in [-0.3, -0.25) is 4.79 Å². The molecule has 1 atom stereocenters. The summed E-state index contributed by atoms with van der Waals surface area (Å²) < 4.78 is 5.27. The summed E-state index contributed by atoms with van der Waals surface area (Å²) in [5, 5.41) is 26.0. The summed E-state index contributed by atoms with van der Waals surface area (Å²) >= 11 is 1.43. The Morgan fingerprint density at radius 1 is 1.31 bits per heavy atom. The predicted molar refractivity (Wildman–Crippen MR) is 95.7 cm³/mol. The number of nitrogens with zero attached hydrogens (tertiary/aromatic N) is 3. The number of hydrogen-bond donors (Lipinski definition) is 2. The molecule has 1 unspecified atom stereocenters. The molecule has 1 amide bonds. The maximum absolute atomic E-state index is 12.3. The topological polar surface area (TPSA) is 101 Å². The van der Waals surface area contributed by atoms with E-state index in [0.717, 1.165) is 23.4 Å². The molecule has 1 aliphatic rings. The second kappa shape index (κ2) is 6.97. The number of carbonyl (C=O) groups is 1. The van der Waals surface area contributed by atoms with Gasteiger partial charge >= 0.3 is 0 Å². The van der Waals surface area contributed by atoms with Crippen LogP contribution in [0.5, 0.6) is 0 Å². The smallest absolute Gasteiger partial charge is 0.273 e. The number of nitrogens with one attached hydrogen (secondary N) is 1. The minimum Gasteiger partial charge on any atom is -0.386 e. The SMILES string of the molecule is CC(O)c1nnc([C@H]2C[C@@H](NC(=O)c3cc(-c4ccccc4)on3)C2)s1. The van der Waals surface area contributed by atoms with Crippen molar-refractivity contribution >= 4 is 17.2 Å². The van der Waals surface area contributed by atoms with Crippen LogP contribution in [0.3, 0.4) is 0 Å². The van der Waals surface area contributed by atoms with Gasteiger partial charge in [0.25, 0.3) is 5.91 Å². The minimum atomic E-state index is -0.595. The average molecular weight is 370 g/mol. The van der Waals surface area contributed by atoms with Crippen LogP contribution in [0.2, 0.25) is 0 Å². The quantitative estimate of drug-likeness (QED) is 0.716. The summed E-state index contributed by atoms with van der Waals surface area (Å²) in [4.78, 5) is 12.3. The Kier molecular flexibility index (Phi) is 4.52. The fourth-order valence-corrected chi connectivity index (χ4v) is 3.80. The molecule has 4 rings (SSSR count). The lowest BCUT2D eigenvalue weighted by atomic mass is 9.80. The maximum atomic E-state index is 12.3. The zero-order chi connectivity index (χ0) is 18.1. The number of aromatic nitrogens is 3. The van der Waals surface area contributed by atoms with E-state index >= 15 is 0 Å². The highest BCUT2D eigenvalue weighted by molar-refractivity contribution is 7.11. The van der Waals surface area contributed by atoms with E-state index in [0.29, 0.717) is 10.8 Å². The Morgan fingerprint density at radius 2 is 2.08 bits per heavy atom. The molecule has 0 aliphatic heterocycles. The van der Waals surface area contributed by atoms with E-state index < -0.39 is 6.10 Å². The standard InChI is InChI=1S/C18H18N4O3S/c1-10(23)17-20-21-18(26-17)12-7-13(8-12)19-16(24)14-9-15(25-22-14)11-5-3-2-4-6-11/h2-6,9-10,12-13,23H,7-8H2,1H3,(H,19,24)/t10?,12-,13+. The number of carbonyl (C=O) groups excluding carboxylic acids is 1. The van der Waals surface area contributed by atoms with E-state index in [-0.39, 0.29) is 23.6 Å². The van der Waals surface area contributed by atoms with Crippen molar-refractivity contribution in [2.45, 2.75) is 37.8 Å². The summed E-state index contributed by atoms with van der Waals surface area (Å²) in [6, 6.07) is 11.3. The van der Waals surface area contributed by atoms with Crippen molar-refractivity contribution in [2.75, 3.05) is 0 Å². The maximum Gasteiger partial charge on any atom is 0.273 e. The van der Waals surface area contributed by atoms with Gasteiger partial charge in [0.15, 0.2) is 11.5 Å². The molecule has 0 bridgehead atoms. The first-order valence-electron chi connectivity index (χ1n) is 8.44. The molecule has 0 radical (unpaired) electrons. The van der Waals surface area contributed by atoms with E-state index in [1.165, 1.54) is 11.3 Å². The van der Waals surface area contributed by atoms with Crippen molar-refractivity contribution in [1.82, 2.24) is 20.7 Å². The third kappa shape index (κ3) is 3.38. The Bertz CT molecular complexity index is 900. The molecule has 7 nitrogen and oxygen atoms in total. The van der Waals surface area contributed by atoms with Crippen LogP contribution in [0.25, 0.3) is 11.3 Å². The normalized spacial score (nSPS) is 20.4. The fraction of sp³-hybridized carbons (Fsp3) is 0.333. The lowest BCUT2D eigenvalue weighted by Gasteiger charge is -2.33. The van der Waals surface area contributed by atoms with Gasteiger partial charge < -0.3 is 14.9 Å². The van der Waals surface area contributed by atoms with Gasteiger partial charge in [0.2, 0.25) is 0 Å². The largest absolute Gasteiger partial charge is 0.386 e. The van der Waals surface area contributed by atoms with E-state index in [1.54, 1.807) is 13.0 Å². The molecular weight excluding hydrogens is 352 g/mol. The molecule has 1 fully saturated rings. The zero-order valence-electron chi connectivity index (χ0n) is 14.1. The Morgan fingerprint density at radius 3 is 2.77 bits per heavy atom. The van der Waals surface area contributed by atoms with Gasteiger partial charge in [-0.25, -0.2) is 0 Å². The van der Waals surface area contributed by atoms with E-state index in [1.807, 2.05) is 30.3 Å². The molecule has 1 aliphatic carbocycles. The first kappa shape index (κ1) is 16.9. The molecular formula is C18H18N4O3S. The van der Waals surface area contributed by atoms with Crippen LogP contribution in [0.15, 0.2) is 40.9 Å². The Hall–Kier alpha value is -2.58. The highest BCUT2D eigenvalue weighted by atomic mass is 32.1. The predicted octanol–water partition coefficient (Wildman–Crippen LogP) is 2.92. The van der Waals surface area contributed by atoms with Crippen LogP contribution in [-0.2, 0) is 0 Å². The molecule has 3 aromatic rings. The van der Waals surface area contributed by atoms with Crippen molar-refractivity contribution in [3.63, 3.8) is 0 Å². The van der Waals surface area contributed by atoms with Crippen LogP contribution in [0.1, 0.15) is 52.3 Å². The monoisotopic (exact) mass is 370 g/mol. The van der Waals surface area contributed by atoms with Crippen LogP contribution in [0, 0.1) is 0 Å². The van der Waals surface area contributed by atoms with Crippen molar-refractivity contribution < 1.29 is 14.4 Å². The highest BCUT2D eigenvalue weighted by Gasteiger charge is 2.34. The molecule has 2 N–H and O–H groups in total. The molecule has 1 saturated carbocycles. The van der Waals surface area contributed by atoms with E-state index in [2.05, 4.69) is 20.7 Å². The first-order valence-corrected chi connectivity index (χ1v) is 9.26. The van der Waals surface area contributed by atoms with Crippen LogP contribution in [-0.4, -0.2) is 32.4 Å². The number of rotatable bonds is 5. The molecule has 134 valence electrons. The third-order valence-corrected chi connectivity index (χ3v) is 5.69. The third-order valence-electron chi connectivity index (χ3n) is 4.44. The molecule has 1 aromatic carbocycles. The molecule has 0 spiro atoms. The van der Waals surface area contributed by atoms with Gasteiger partial charge in [-0.2, -0.15) is 0 Å². The van der Waals surface area contributed by atoms with Gasteiger partial charge in [-0.15, -0.1) is 10.2 Å². The van der Waals surface area contributed by atoms with Crippen molar-refractivity contribution in [3.8, 4) is 11.3 Å². The minimum absolute atomic E-state index is 0.0864. The van der Waals surface area contributed by atoms with E-state index in [4.69, 9.17) is 4.52 Å². The second-order valence-electron chi connectivity index (χ2n) is 6.44. The van der Waals surface area contributed by atoms with Crippen LogP contribution < -0.4 is 5.32 Å².